The highest BCUT2D eigenvalue weighted by Gasteiger charge is 2.54. The van der Waals surface area contributed by atoms with E-state index in [0.29, 0.717) is 0 Å². The van der Waals surface area contributed by atoms with Gasteiger partial charge in [0, 0.05) is 37.6 Å². The van der Waals surface area contributed by atoms with Gasteiger partial charge in [0.15, 0.2) is 36.0 Å². The molecule has 9 atom stereocenters. The van der Waals surface area contributed by atoms with Crippen molar-refractivity contribution < 1.29 is 76.4 Å². The van der Waals surface area contributed by atoms with E-state index in [1.165, 1.54) is 40.9 Å². The van der Waals surface area contributed by atoms with E-state index in [0.717, 1.165) is 40.3 Å². The predicted octanol–water partition coefficient (Wildman–Crippen LogP) is -0.561. The number of aliphatic hydroxyl groups is 2. The Hall–Kier alpha value is -4.44. The molecule has 20 heteroatoms. The molecule has 3 heterocycles. The quantitative estimate of drug-likeness (QED) is 0.147. The second-order valence-corrected chi connectivity index (χ2v) is 11.8. The fourth-order valence-corrected chi connectivity index (χ4v) is 5.47. The minimum absolute atomic E-state index is 0.0193. The molecule has 3 aliphatic rings. The summed E-state index contributed by atoms with van der Waals surface area (Å²) in [5, 5.41) is 37.3. The van der Waals surface area contributed by atoms with Gasteiger partial charge in [-0.1, -0.05) is 13.8 Å². The molecule has 5 N–H and O–H groups in total. The molecule has 0 aromatic heterocycles. The molecule has 1 aromatic rings. The molecule has 51 heavy (non-hydrogen) atoms. The van der Waals surface area contributed by atoms with E-state index in [9.17, 15) is 43.3 Å². The minimum Gasteiger partial charge on any atom is -0.829 e. The van der Waals surface area contributed by atoms with Crippen molar-refractivity contribution in [2.75, 3.05) is 19.0 Å². The van der Waals surface area contributed by atoms with Crippen molar-refractivity contribution >= 4 is 29.6 Å². The van der Waals surface area contributed by atoms with E-state index in [1.807, 2.05) is 0 Å². The lowest BCUT2D eigenvalue weighted by atomic mass is 10.0. The van der Waals surface area contributed by atoms with Crippen molar-refractivity contribution in [3.05, 3.63) is 53.9 Å². The Morgan fingerprint density at radius 3 is 2.53 bits per heavy atom. The second kappa shape index (κ2) is 16.3. The summed E-state index contributed by atoms with van der Waals surface area (Å²) < 4.78 is 65.4. The smallest absolute Gasteiger partial charge is 0.510 e. The van der Waals surface area contributed by atoms with E-state index in [2.05, 4.69) is 5.32 Å². The van der Waals surface area contributed by atoms with Gasteiger partial charge in [-0.25, -0.2) is 13.6 Å². The Bertz CT molecular complexity index is 1520. The first kappa shape index (κ1) is 39.3. The van der Waals surface area contributed by atoms with Crippen molar-refractivity contribution in [3.63, 3.8) is 0 Å². The normalized spacial score (nSPS) is 27.7. The van der Waals surface area contributed by atoms with Crippen LogP contribution in [0.4, 0.5) is 19.3 Å². The number of nitrogens with two attached hydrogens (primary N) is 1. The number of hydrogen-bond acceptors (Lipinski definition) is 15. The topological polar surface area (TPSA) is 241 Å². The summed E-state index contributed by atoms with van der Waals surface area (Å²) in [5.41, 5.74) is 5.59. The largest absolute Gasteiger partial charge is 0.829 e. The van der Waals surface area contributed by atoms with E-state index >= 15 is 0 Å². The summed E-state index contributed by atoms with van der Waals surface area (Å²) in [5.74, 6) is -7.68. The number of amides is 3. The summed E-state index contributed by atoms with van der Waals surface area (Å²) in [7, 11) is 1.17. The number of halogens is 2. The van der Waals surface area contributed by atoms with Crippen molar-refractivity contribution in [1.29, 1.82) is 0 Å². The Labute approximate surface area is 290 Å². The Morgan fingerprint density at radius 2 is 1.92 bits per heavy atom. The van der Waals surface area contributed by atoms with Crippen molar-refractivity contribution in [2.45, 2.75) is 95.5 Å². The summed E-state index contributed by atoms with van der Waals surface area (Å²) in [4.78, 5) is 52.2. The highest BCUT2D eigenvalue weighted by Crippen LogP contribution is 2.34. The predicted molar refractivity (Wildman–Crippen MR) is 162 cm³/mol. The highest BCUT2D eigenvalue weighted by atomic mass is 19.2. The molecule has 3 amide bonds. The second-order valence-electron chi connectivity index (χ2n) is 11.8. The lowest BCUT2D eigenvalue weighted by Crippen LogP contribution is -2.60. The Morgan fingerprint density at radius 1 is 1.22 bits per heavy atom. The lowest BCUT2D eigenvalue weighted by Gasteiger charge is -2.43. The Kier molecular flexibility index (Phi) is 12.6. The standard InChI is InChI=1S/C31H39F2N4O14/c1-6-46-30(43)47-14(2)37-20(38)11-12-36(29(37)42)27-21(39)22(45-5)23(49-27)24(25(34)40)50-28-19(51-31(3,4)44)10-9-18(48-28)26(41)35-15-7-8-16(32)17(33)13-15/h7-9,11-14,19,21-24,27-29,39,42H,6,10H2,1-5H3,(H2,34,40)(H,35,41)/q-1/t14?,19-,21+,22-,23-,24+,27+,28+,29?/m0/s1. The molecule has 282 valence electrons. The van der Waals surface area contributed by atoms with Gasteiger partial charge < -0.3 is 64.4 Å². The molecule has 0 radical (unpaired) electrons. The number of nitrogens with zero attached hydrogens (tertiary/aromatic N) is 2. The van der Waals surface area contributed by atoms with E-state index in [1.54, 1.807) is 0 Å². The van der Waals surface area contributed by atoms with Crippen LogP contribution in [0.5, 0.6) is 0 Å². The van der Waals surface area contributed by atoms with Crippen molar-refractivity contribution in [1.82, 2.24) is 9.80 Å². The molecule has 4 rings (SSSR count). The zero-order valence-corrected chi connectivity index (χ0v) is 28.1. The average molecular weight is 730 g/mol. The summed E-state index contributed by atoms with van der Waals surface area (Å²) >= 11 is 0. The maximum atomic E-state index is 13.7. The number of methoxy groups -OCH3 is 1. The van der Waals surface area contributed by atoms with Crippen LogP contribution in [0, 0.1) is 11.6 Å². The number of primary amides is 1. The number of aliphatic hydroxyl groups excluding tert-OH is 2. The molecule has 2 unspecified atom stereocenters. The van der Waals surface area contributed by atoms with Gasteiger partial charge in [-0.2, -0.15) is 0 Å². The van der Waals surface area contributed by atoms with E-state index in [-0.39, 0.29) is 18.7 Å². The lowest BCUT2D eigenvalue weighted by molar-refractivity contribution is -0.553. The highest BCUT2D eigenvalue weighted by molar-refractivity contribution is 6.02. The molecule has 3 aliphatic heterocycles. The summed E-state index contributed by atoms with van der Waals surface area (Å²) in [6, 6.07) is 2.64. The molecule has 0 saturated carbocycles. The maximum absolute atomic E-state index is 13.7. The van der Waals surface area contributed by atoms with Gasteiger partial charge in [0.2, 0.25) is 18.5 Å². The van der Waals surface area contributed by atoms with Gasteiger partial charge in [-0.15, -0.1) is 0 Å². The molecule has 18 nitrogen and oxygen atoms in total. The summed E-state index contributed by atoms with van der Waals surface area (Å²) in [6.45, 7) is 5.18. The number of rotatable bonds is 13. The Balaban J connectivity index is 1.57. The number of anilines is 1. The maximum Gasteiger partial charge on any atom is 0.510 e. The third-order valence-corrected chi connectivity index (χ3v) is 7.67. The first-order valence-corrected chi connectivity index (χ1v) is 15.6. The zero-order chi connectivity index (χ0) is 37.8. The molecule has 1 fully saturated rings. The van der Waals surface area contributed by atoms with Crippen LogP contribution in [0.25, 0.3) is 0 Å². The van der Waals surface area contributed by atoms with Crippen LogP contribution >= 0.6 is 0 Å². The van der Waals surface area contributed by atoms with Gasteiger partial charge >= 0.3 is 6.16 Å². The van der Waals surface area contributed by atoms with Crippen LogP contribution in [0.3, 0.4) is 0 Å². The fraction of sp³-hybridized carbons (Fsp3) is 0.548. The van der Waals surface area contributed by atoms with Gasteiger partial charge in [-0.3, -0.25) is 19.3 Å². The minimum atomic E-state index is -2.02. The summed E-state index contributed by atoms with van der Waals surface area (Å²) in [6.07, 6.45) is -12.1. The number of carbonyl (C=O) groups excluding carboxylic acids is 4. The fourth-order valence-electron chi connectivity index (χ4n) is 5.47. The molecule has 0 bridgehead atoms. The first-order chi connectivity index (χ1) is 23.9. The van der Waals surface area contributed by atoms with Crippen molar-refractivity contribution in [2.24, 2.45) is 5.73 Å². The van der Waals surface area contributed by atoms with Gasteiger partial charge in [-0.05, 0) is 37.8 Å². The third-order valence-electron chi connectivity index (χ3n) is 7.67. The van der Waals surface area contributed by atoms with Gasteiger partial charge in [0.05, 0.1) is 6.61 Å². The first-order valence-electron chi connectivity index (χ1n) is 15.6. The number of benzene rings is 1. The van der Waals surface area contributed by atoms with Crippen LogP contribution in [0.1, 0.15) is 34.1 Å². The molecule has 0 spiro atoms. The molecule has 1 aromatic carbocycles. The SMILES string of the molecule is CCOC(=O)OC(C)N1C(=O)C=CN([C@@H]2O[C@H]([C@@H](O[C@H]3OC(C(=O)Nc4ccc(F)c(F)c4)=CC[C@@H]3OC(C)(C)[O-])C(N)=O)[C@@H](OC)[C@H]2O)C1O. The van der Waals surface area contributed by atoms with E-state index in [4.69, 9.17) is 38.9 Å². The average Bonchev–Trinajstić information content (AvgIpc) is 3.36. The molecular formula is C31H39F2N4O14-. The van der Waals surface area contributed by atoms with Crippen LogP contribution in [0.2, 0.25) is 0 Å². The van der Waals surface area contributed by atoms with Crippen LogP contribution in [-0.4, -0.2) is 119 Å². The van der Waals surface area contributed by atoms with Crippen molar-refractivity contribution in [3.8, 4) is 0 Å². The third kappa shape index (κ3) is 9.27. The zero-order valence-electron chi connectivity index (χ0n) is 28.1. The monoisotopic (exact) mass is 729 g/mol. The molecular weight excluding hydrogens is 690 g/mol. The van der Waals surface area contributed by atoms with Crippen LogP contribution in [0.15, 0.2) is 42.3 Å². The molecule has 0 aliphatic carbocycles. The van der Waals surface area contributed by atoms with Crippen LogP contribution < -0.4 is 16.2 Å². The number of carbonyl (C=O) groups is 4. The van der Waals surface area contributed by atoms with E-state index < -0.39 is 103 Å². The number of ether oxygens (including phenoxy) is 7. The van der Waals surface area contributed by atoms with Crippen LogP contribution in [-0.2, 0) is 47.5 Å². The number of nitrogens with one attached hydrogen (secondary N) is 1. The van der Waals surface area contributed by atoms with Gasteiger partial charge in [0.1, 0.15) is 24.4 Å². The number of hydrogen-bond donors (Lipinski definition) is 4. The van der Waals surface area contributed by atoms with Gasteiger partial charge in [0.25, 0.3) is 11.8 Å². The molecule has 1 saturated heterocycles.